The van der Waals surface area contributed by atoms with E-state index in [4.69, 9.17) is 0 Å². The van der Waals surface area contributed by atoms with Crippen LogP contribution < -0.4 is 9.80 Å². The fraction of sp³-hybridized carbons (Fsp3) is 0.588. The van der Waals surface area contributed by atoms with Crippen LogP contribution in [-0.4, -0.2) is 30.4 Å². The third-order valence-corrected chi connectivity index (χ3v) is 5.07. The molecule has 1 fully saturated rings. The van der Waals surface area contributed by atoms with Crippen LogP contribution in [0.2, 0.25) is 0 Å². The first-order chi connectivity index (χ1) is 10.3. The van der Waals surface area contributed by atoms with Gasteiger partial charge >= 0.3 is 0 Å². The first kappa shape index (κ1) is 14.9. The molecular weight excluding hydrogens is 328 g/mol. The Morgan fingerprint density at radius 1 is 1.10 bits per heavy atom. The molecule has 1 amide bonds. The largest absolute Gasteiger partial charge is 0.365 e. The maximum atomic E-state index is 12.3. The molecule has 114 valence electrons. The van der Waals surface area contributed by atoms with E-state index in [0.29, 0.717) is 12.5 Å². The standard InChI is InChI=1S/C17H23BrN2O/c18-11-10-17(21)20-13-12-19(14-6-2-1-3-7-14)15-8-4-5-9-16(15)20/h4-5,8-9,14H,1-3,6-7,10-13H2. The van der Waals surface area contributed by atoms with Crippen LogP contribution in [-0.2, 0) is 4.79 Å². The monoisotopic (exact) mass is 350 g/mol. The highest BCUT2D eigenvalue weighted by Crippen LogP contribution is 2.37. The maximum absolute atomic E-state index is 12.3. The number of rotatable bonds is 3. The Bertz CT molecular complexity index is 499. The lowest BCUT2D eigenvalue weighted by Crippen LogP contribution is -2.48. The van der Waals surface area contributed by atoms with Gasteiger partial charge in [0.05, 0.1) is 11.4 Å². The molecule has 0 unspecified atom stereocenters. The quantitative estimate of drug-likeness (QED) is 0.770. The zero-order valence-corrected chi connectivity index (χ0v) is 14.0. The SMILES string of the molecule is O=C(CCBr)N1CCN(C2CCCCC2)c2ccccc21. The van der Waals surface area contributed by atoms with Gasteiger partial charge in [0.25, 0.3) is 0 Å². The number of hydrogen-bond acceptors (Lipinski definition) is 2. The molecule has 0 spiro atoms. The molecule has 0 bridgehead atoms. The molecule has 0 aromatic heterocycles. The summed E-state index contributed by atoms with van der Waals surface area (Å²) in [6.07, 6.45) is 7.22. The van der Waals surface area contributed by atoms with Crippen molar-refractivity contribution in [1.82, 2.24) is 0 Å². The van der Waals surface area contributed by atoms with Gasteiger partial charge in [0.2, 0.25) is 5.91 Å². The fourth-order valence-electron chi connectivity index (χ4n) is 3.63. The van der Waals surface area contributed by atoms with E-state index < -0.39 is 0 Å². The van der Waals surface area contributed by atoms with Crippen molar-refractivity contribution in [2.24, 2.45) is 0 Å². The van der Waals surface area contributed by atoms with Crippen LogP contribution in [0.5, 0.6) is 0 Å². The molecule has 1 aromatic carbocycles. The predicted molar refractivity (Wildman–Crippen MR) is 91.4 cm³/mol. The summed E-state index contributed by atoms with van der Waals surface area (Å²) in [5.74, 6) is 0.225. The number of para-hydroxylation sites is 2. The van der Waals surface area contributed by atoms with Crippen molar-refractivity contribution in [3.63, 3.8) is 0 Å². The number of nitrogens with zero attached hydrogens (tertiary/aromatic N) is 2. The highest BCUT2D eigenvalue weighted by Gasteiger charge is 2.30. The lowest BCUT2D eigenvalue weighted by molar-refractivity contribution is -0.118. The Hall–Kier alpha value is -1.03. The number of fused-ring (bicyclic) bond motifs is 1. The topological polar surface area (TPSA) is 23.6 Å². The van der Waals surface area contributed by atoms with E-state index in [1.807, 2.05) is 11.0 Å². The van der Waals surface area contributed by atoms with E-state index in [1.165, 1.54) is 37.8 Å². The van der Waals surface area contributed by atoms with Crippen LogP contribution in [0.3, 0.4) is 0 Å². The molecule has 1 aliphatic heterocycles. The summed E-state index contributed by atoms with van der Waals surface area (Å²) in [5, 5.41) is 0.733. The van der Waals surface area contributed by atoms with Crippen LogP contribution in [0.4, 0.5) is 11.4 Å². The van der Waals surface area contributed by atoms with Crippen LogP contribution in [0.15, 0.2) is 24.3 Å². The number of benzene rings is 1. The highest BCUT2D eigenvalue weighted by atomic mass is 79.9. The smallest absolute Gasteiger partial charge is 0.227 e. The van der Waals surface area contributed by atoms with Crippen molar-refractivity contribution in [3.8, 4) is 0 Å². The summed E-state index contributed by atoms with van der Waals surface area (Å²) in [4.78, 5) is 16.8. The molecule has 1 aromatic rings. The average Bonchev–Trinajstić information content (AvgIpc) is 2.55. The third kappa shape index (κ3) is 3.10. The average molecular weight is 351 g/mol. The Morgan fingerprint density at radius 2 is 1.81 bits per heavy atom. The minimum atomic E-state index is 0.225. The summed E-state index contributed by atoms with van der Waals surface area (Å²) >= 11 is 3.37. The first-order valence-electron chi connectivity index (χ1n) is 8.03. The van der Waals surface area contributed by atoms with E-state index >= 15 is 0 Å². The molecule has 1 heterocycles. The van der Waals surface area contributed by atoms with Gasteiger partial charge in [-0.15, -0.1) is 0 Å². The summed E-state index contributed by atoms with van der Waals surface area (Å²) in [5.41, 5.74) is 2.35. The fourth-order valence-corrected chi connectivity index (χ4v) is 3.97. The lowest BCUT2D eigenvalue weighted by Gasteiger charge is -2.43. The van der Waals surface area contributed by atoms with E-state index in [-0.39, 0.29) is 5.91 Å². The van der Waals surface area contributed by atoms with E-state index in [2.05, 4.69) is 39.0 Å². The van der Waals surface area contributed by atoms with Gasteiger partial charge < -0.3 is 9.80 Å². The molecule has 2 aliphatic rings. The van der Waals surface area contributed by atoms with Gasteiger partial charge in [-0.05, 0) is 25.0 Å². The van der Waals surface area contributed by atoms with Gasteiger partial charge in [-0.25, -0.2) is 0 Å². The Balaban J connectivity index is 1.86. The van der Waals surface area contributed by atoms with Crippen molar-refractivity contribution < 1.29 is 4.79 Å². The van der Waals surface area contributed by atoms with Crippen LogP contribution >= 0.6 is 15.9 Å². The van der Waals surface area contributed by atoms with Crippen LogP contribution in [0.25, 0.3) is 0 Å². The molecule has 3 rings (SSSR count). The molecule has 0 N–H and O–H groups in total. The van der Waals surface area contributed by atoms with Gasteiger partial charge in [0, 0.05) is 30.9 Å². The van der Waals surface area contributed by atoms with Gasteiger partial charge in [0.1, 0.15) is 0 Å². The second-order valence-electron chi connectivity index (χ2n) is 5.96. The third-order valence-electron chi connectivity index (χ3n) is 4.67. The summed E-state index contributed by atoms with van der Waals surface area (Å²) in [7, 11) is 0. The number of halogens is 1. The molecule has 0 radical (unpaired) electrons. The molecule has 0 atom stereocenters. The number of alkyl halides is 1. The molecule has 1 saturated carbocycles. The second kappa shape index (κ2) is 6.82. The number of anilines is 2. The number of hydrogen-bond donors (Lipinski definition) is 0. The van der Waals surface area contributed by atoms with Crippen molar-refractivity contribution >= 4 is 33.2 Å². The van der Waals surface area contributed by atoms with Gasteiger partial charge in [0.15, 0.2) is 0 Å². The first-order valence-corrected chi connectivity index (χ1v) is 9.15. The van der Waals surface area contributed by atoms with Gasteiger partial charge in [-0.3, -0.25) is 4.79 Å². The van der Waals surface area contributed by atoms with Crippen molar-refractivity contribution in [2.75, 3.05) is 28.2 Å². The second-order valence-corrected chi connectivity index (χ2v) is 6.75. The molecule has 4 heteroatoms. The predicted octanol–water partition coefficient (Wildman–Crippen LogP) is 3.96. The minimum absolute atomic E-state index is 0.225. The molecule has 1 aliphatic carbocycles. The van der Waals surface area contributed by atoms with Gasteiger partial charge in [-0.2, -0.15) is 0 Å². The Morgan fingerprint density at radius 3 is 2.52 bits per heavy atom. The zero-order valence-electron chi connectivity index (χ0n) is 12.4. The van der Waals surface area contributed by atoms with Gasteiger partial charge in [-0.1, -0.05) is 47.3 Å². The van der Waals surface area contributed by atoms with Crippen molar-refractivity contribution in [2.45, 2.75) is 44.6 Å². The van der Waals surface area contributed by atoms with E-state index in [0.717, 1.165) is 24.1 Å². The summed E-state index contributed by atoms with van der Waals surface area (Å²) < 4.78 is 0. The van der Waals surface area contributed by atoms with Crippen LogP contribution in [0, 0.1) is 0 Å². The normalized spacial score (nSPS) is 19.5. The van der Waals surface area contributed by atoms with Crippen LogP contribution in [0.1, 0.15) is 38.5 Å². The van der Waals surface area contributed by atoms with E-state index in [1.54, 1.807) is 0 Å². The molecular formula is C17H23BrN2O. The van der Waals surface area contributed by atoms with Crippen molar-refractivity contribution in [1.29, 1.82) is 0 Å². The molecule has 21 heavy (non-hydrogen) atoms. The van der Waals surface area contributed by atoms with Crippen molar-refractivity contribution in [3.05, 3.63) is 24.3 Å². The molecule has 3 nitrogen and oxygen atoms in total. The van der Waals surface area contributed by atoms with E-state index in [9.17, 15) is 4.79 Å². The number of amides is 1. The minimum Gasteiger partial charge on any atom is -0.365 e. The lowest BCUT2D eigenvalue weighted by atomic mass is 9.93. The Labute approximate surface area is 135 Å². The number of carbonyl (C=O) groups is 1. The Kier molecular flexibility index (Phi) is 4.84. The zero-order chi connectivity index (χ0) is 14.7. The highest BCUT2D eigenvalue weighted by molar-refractivity contribution is 9.09. The molecule has 0 saturated heterocycles. The maximum Gasteiger partial charge on any atom is 0.227 e. The summed E-state index contributed by atoms with van der Waals surface area (Å²) in [6, 6.07) is 9.06. The number of carbonyl (C=O) groups excluding carboxylic acids is 1. The summed E-state index contributed by atoms with van der Waals surface area (Å²) in [6.45, 7) is 1.79.